The molecule has 0 aliphatic heterocycles. The van der Waals surface area contributed by atoms with Gasteiger partial charge in [-0.15, -0.1) is 0 Å². The highest BCUT2D eigenvalue weighted by molar-refractivity contribution is 9.09. The van der Waals surface area contributed by atoms with Crippen molar-refractivity contribution in [2.45, 2.75) is 5.01 Å². The number of methoxy groups -OCH3 is 1. The van der Waals surface area contributed by atoms with Crippen molar-refractivity contribution in [3.8, 4) is 6.07 Å². The smallest absolute Gasteiger partial charge is 0.202 e. The first-order chi connectivity index (χ1) is 6.69. The second-order valence-corrected chi connectivity index (χ2v) is 3.44. The lowest BCUT2D eigenvalue weighted by Crippen LogP contribution is -2.15. The molecule has 0 radical (unpaired) electrons. The van der Waals surface area contributed by atoms with Gasteiger partial charge in [0.2, 0.25) is 5.78 Å². The zero-order chi connectivity index (χ0) is 10.6. The van der Waals surface area contributed by atoms with Crippen molar-refractivity contribution in [1.29, 1.82) is 5.26 Å². The van der Waals surface area contributed by atoms with Crippen LogP contribution < -0.4 is 0 Å². The first-order valence-electron chi connectivity index (χ1n) is 3.90. The minimum Gasteiger partial charge on any atom is -0.362 e. The molecule has 0 fully saturated rings. The molecule has 0 aromatic heterocycles. The lowest BCUT2D eigenvalue weighted by Gasteiger charge is -2.05. The average molecular weight is 254 g/mol. The predicted molar refractivity (Wildman–Crippen MR) is 55.2 cm³/mol. The normalized spacial score (nSPS) is 11.8. The largest absolute Gasteiger partial charge is 0.362 e. The Kier molecular flexibility index (Phi) is 3.81. The molecule has 3 nitrogen and oxygen atoms in total. The van der Waals surface area contributed by atoms with E-state index in [-0.39, 0.29) is 5.78 Å². The molecule has 14 heavy (non-hydrogen) atoms. The van der Waals surface area contributed by atoms with E-state index in [1.807, 2.05) is 6.07 Å². The molecule has 1 aromatic rings. The molecular formula is C10H8BrNO2. The predicted octanol–water partition coefficient (Wildman–Crippen LogP) is 2.11. The van der Waals surface area contributed by atoms with E-state index in [9.17, 15) is 4.79 Å². The highest BCUT2D eigenvalue weighted by atomic mass is 79.9. The van der Waals surface area contributed by atoms with E-state index in [4.69, 9.17) is 10.00 Å². The molecule has 1 aromatic carbocycles. The maximum absolute atomic E-state index is 11.5. The molecule has 0 saturated carbocycles. The third-order valence-electron chi connectivity index (χ3n) is 1.71. The molecule has 0 heterocycles. The maximum Gasteiger partial charge on any atom is 0.202 e. The zero-order valence-corrected chi connectivity index (χ0v) is 9.11. The fourth-order valence-corrected chi connectivity index (χ4v) is 1.21. The van der Waals surface area contributed by atoms with E-state index in [1.54, 1.807) is 24.3 Å². The summed E-state index contributed by atoms with van der Waals surface area (Å²) in [4.78, 5) is 11.5. The standard InChI is InChI=1S/C10H8BrNO2/c1-14-10(11)9(13)8-4-2-7(6-12)3-5-8/h2-5,10H,1H3. The molecule has 72 valence electrons. The SMILES string of the molecule is COC(Br)C(=O)c1ccc(C#N)cc1. The van der Waals surface area contributed by atoms with Gasteiger partial charge in [0.25, 0.3) is 0 Å². The minimum absolute atomic E-state index is 0.156. The molecule has 1 rings (SSSR count). The monoisotopic (exact) mass is 253 g/mol. The van der Waals surface area contributed by atoms with Gasteiger partial charge >= 0.3 is 0 Å². The Hall–Kier alpha value is -1.18. The number of ketones is 1. The van der Waals surface area contributed by atoms with Gasteiger partial charge in [-0.1, -0.05) is 0 Å². The number of alkyl halides is 1. The van der Waals surface area contributed by atoms with Crippen LogP contribution in [0.5, 0.6) is 0 Å². The number of ether oxygens (including phenoxy) is 1. The summed E-state index contributed by atoms with van der Waals surface area (Å²) >= 11 is 3.08. The van der Waals surface area contributed by atoms with Crippen molar-refractivity contribution in [2.24, 2.45) is 0 Å². The molecule has 0 N–H and O–H groups in total. The highest BCUT2D eigenvalue weighted by Gasteiger charge is 2.15. The van der Waals surface area contributed by atoms with Crippen LogP contribution in [0.2, 0.25) is 0 Å². The Labute approximate surface area is 90.4 Å². The number of nitriles is 1. The van der Waals surface area contributed by atoms with Crippen LogP contribution in [0, 0.1) is 11.3 Å². The molecule has 0 aliphatic rings. The lowest BCUT2D eigenvalue weighted by atomic mass is 10.1. The van der Waals surface area contributed by atoms with Gasteiger partial charge < -0.3 is 4.74 Å². The van der Waals surface area contributed by atoms with Gasteiger partial charge in [0, 0.05) is 12.7 Å². The van der Waals surface area contributed by atoms with Crippen molar-refractivity contribution in [1.82, 2.24) is 0 Å². The van der Waals surface area contributed by atoms with Crippen molar-refractivity contribution in [2.75, 3.05) is 7.11 Å². The maximum atomic E-state index is 11.5. The van der Waals surface area contributed by atoms with Gasteiger partial charge in [0.15, 0.2) is 5.01 Å². The topological polar surface area (TPSA) is 50.1 Å². The van der Waals surface area contributed by atoms with E-state index in [0.29, 0.717) is 11.1 Å². The van der Waals surface area contributed by atoms with Crippen LogP contribution in [0.15, 0.2) is 24.3 Å². The number of carbonyl (C=O) groups is 1. The molecule has 4 heteroatoms. The Morgan fingerprint density at radius 1 is 1.50 bits per heavy atom. The van der Waals surface area contributed by atoms with Crippen molar-refractivity contribution in [3.63, 3.8) is 0 Å². The van der Waals surface area contributed by atoms with Crippen molar-refractivity contribution >= 4 is 21.7 Å². The molecule has 0 spiro atoms. The van der Waals surface area contributed by atoms with Gasteiger partial charge in [-0.05, 0) is 40.2 Å². The van der Waals surface area contributed by atoms with Crippen LogP contribution in [-0.4, -0.2) is 17.9 Å². The second kappa shape index (κ2) is 4.89. The van der Waals surface area contributed by atoms with Crippen molar-refractivity contribution < 1.29 is 9.53 Å². The third kappa shape index (κ3) is 2.41. The first kappa shape index (κ1) is 10.9. The summed E-state index contributed by atoms with van der Waals surface area (Å²) in [6.45, 7) is 0. The highest BCUT2D eigenvalue weighted by Crippen LogP contribution is 2.11. The van der Waals surface area contributed by atoms with Crippen molar-refractivity contribution in [3.05, 3.63) is 35.4 Å². The Balaban J connectivity index is 2.88. The van der Waals surface area contributed by atoms with Crippen LogP contribution in [0.3, 0.4) is 0 Å². The van der Waals surface area contributed by atoms with Crippen LogP contribution in [-0.2, 0) is 4.74 Å². The number of halogens is 1. The number of hydrogen-bond acceptors (Lipinski definition) is 3. The number of rotatable bonds is 3. The molecule has 0 saturated heterocycles. The molecule has 0 amide bonds. The van der Waals surface area contributed by atoms with Gasteiger partial charge in [-0.3, -0.25) is 4.79 Å². The Bertz CT molecular complexity index is 367. The molecular weight excluding hydrogens is 246 g/mol. The summed E-state index contributed by atoms with van der Waals surface area (Å²) in [5, 5.41) is 7.92. The summed E-state index contributed by atoms with van der Waals surface area (Å²) in [6.07, 6.45) is 0. The number of benzene rings is 1. The number of nitrogens with zero attached hydrogens (tertiary/aromatic N) is 1. The van der Waals surface area contributed by atoms with E-state index < -0.39 is 5.01 Å². The summed E-state index contributed by atoms with van der Waals surface area (Å²) in [7, 11) is 1.45. The van der Waals surface area contributed by atoms with Gasteiger partial charge in [-0.2, -0.15) is 5.26 Å². The molecule has 1 atom stereocenters. The Morgan fingerprint density at radius 3 is 2.50 bits per heavy atom. The average Bonchev–Trinajstić information content (AvgIpc) is 2.27. The van der Waals surface area contributed by atoms with Crippen LogP contribution >= 0.6 is 15.9 Å². The molecule has 0 bridgehead atoms. The quantitative estimate of drug-likeness (QED) is 0.613. The number of carbonyl (C=O) groups excluding carboxylic acids is 1. The van der Waals surface area contributed by atoms with Crippen LogP contribution in [0.25, 0.3) is 0 Å². The van der Waals surface area contributed by atoms with Gasteiger partial charge in [0.1, 0.15) is 0 Å². The summed E-state index contributed by atoms with van der Waals surface area (Å²) in [6, 6.07) is 8.39. The second-order valence-electron chi connectivity index (χ2n) is 2.61. The van der Waals surface area contributed by atoms with E-state index in [0.717, 1.165) is 0 Å². The zero-order valence-electron chi connectivity index (χ0n) is 7.53. The summed E-state index contributed by atoms with van der Waals surface area (Å²) in [5.74, 6) is -0.156. The van der Waals surface area contributed by atoms with Gasteiger partial charge in [-0.25, -0.2) is 0 Å². The minimum atomic E-state index is -0.629. The van der Waals surface area contributed by atoms with E-state index in [2.05, 4.69) is 15.9 Å². The lowest BCUT2D eigenvalue weighted by molar-refractivity contribution is 0.0805. The summed E-state index contributed by atoms with van der Waals surface area (Å²) < 4.78 is 4.83. The van der Waals surface area contributed by atoms with Crippen LogP contribution in [0.1, 0.15) is 15.9 Å². The molecule has 0 aliphatic carbocycles. The fourth-order valence-electron chi connectivity index (χ4n) is 0.947. The van der Waals surface area contributed by atoms with E-state index >= 15 is 0 Å². The van der Waals surface area contributed by atoms with Gasteiger partial charge in [0.05, 0.1) is 11.6 Å². The van der Waals surface area contributed by atoms with Crippen LogP contribution in [0.4, 0.5) is 0 Å². The number of hydrogen-bond donors (Lipinski definition) is 0. The fraction of sp³-hybridized carbons (Fsp3) is 0.200. The Morgan fingerprint density at radius 2 is 2.07 bits per heavy atom. The third-order valence-corrected chi connectivity index (χ3v) is 2.50. The van der Waals surface area contributed by atoms with E-state index in [1.165, 1.54) is 7.11 Å². The first-order valence-corrected chi connectivity index (χ1v) is 4.82. The number of Topliss-reactive ketones (excluding diaryl/α,β-unsaturated/α-hetero) is 1. The molecule has 1 unspecified atom stereocenters. The summed E-state index contributed by atoms with van der Waals surface area (Å²) in [5.41, 5.74) is 1.05.